The molecule has 1 amide bonds. The fourth-order valence-corrected chi connectivity index (χ4v) is 4.37. The molecule has 0 radical (unpaired) electrons. The van der Waals surface area contributed by atoms with Gasteiger partial charge in [-0.25, -0.2) is 0 Å². The summed E-state index contributed by atoms with van der Waals surface area (Å²) in [6, 6.07) is 14.5. The molecule has 3 aromatic rings. The summed E-state index contributed by atoms with van der Waals surface area (Å²) in [5.41, 5.74) is 5.17. The average Bonchev–Trinajstić information content (AvgIpc) is 3.38. The first-order valence-corrected chi connectivity index (χ1v) is 10.3. The number of rotatable bonds is 6. The number of methoxy groups -OCH3 is 1. The third kappa shape index (κ3) is 4.15. The minimum Gasteiger partial charge on any atom is -0.497 e. The molecule has 0 saturated carbocycles. The summed E-state index contributed by atoms with van der Waals surface area (Å²) in [7, 11) is 1.69. The maximum absolute atomic E-state index is 12.9. The minimum absolute atomic E-state index is 0.0645. The quantitative estimate of drug-likeness (QED) is 0.656. The SMILES string of the molecule is COc1cccc(C(CNC(=O)c2cc3c(C)cc(C)cc3[nH]2)N2CCCC2)c1. The lowest BCUT2D eigenvalue weighted by Crippen LogP contribution is -2.36. The van der Waals surface area contributed by atoms with Gasteiger partial charge in [-0.3, -0.25) is 9.69 Å². The molecule has 2 aromatic carbocycles. The summed E-state index contributed by atoms with van der Waals surface area (Å²) in [5.74, 6) is 0.782. The molecule has 1 fully saturated rings. The second-order valence-corrected chi connectivity index (χ2v) is 7.97. The summed E-state index contributed by atoms with van der Waals surface area (Å²) in [6.07, 6.45) is 2.41. The van der Waals surface area contributed by atoms with E-state index in [2.05, 4.69) is 53.3 Å². The van der Waals surface area contributed by atoms with Crippen LogP contribution in [0.25, 0.3) is 10.9 Å². The summed E-state index contributed by atoms with van der Waals surface area (Å²) >= 11 is 0. The van der Waals surface area contributed by atoms with E-state index in [1.165, 1.54) is 29.5 Å². The Morgan fingerprint density at radius 3 is 2.72 bits per heavy atom. The van der Waals surface area contributed by atoms with Gasteiger partial charge >= 0.3 is 0 Å². The number of likely N-dealkylation sites (tertiary alicyclic amines) is 1. The topological polar surface area (TPSA) is 57.4 Å². The zero-order valence-electron chi connectivity index (χ0n) is 17.4. The van der Waals surface area contributed by atoms with Crippen molar-refractivity contribution < 1.29 is 9.53 Å². The lowest BCUT2D eigenvalue weighted by molar-refractivity contribution is 0.0933. The molecule has 29 heavy (non-hydrogen) atoms. The molecule has 1 unspecified atom stereocenters. The number of nitrogens with one attached hydrogen (secondary N) is 2. The number of aromatic amines is 1. The highest BCUT2D eigenvalue weighted by Crippen LogP contribution is 2.27. The number of aromatic nitrogens is 1. The molecule has 1 atom stereocenters. The Bertz CT molecular complexity index is 1020. The first-order valence-electron chi connectivity index (χ1n) is 10.3. The third-order valence-electron chi connectivity index (χ3n) is 5.85. The number of ether oxygens (including phenoxy) is 1. The van der Waals surface area contributed by atoms with Crippen molar-refractivity contribution in [3.63, 3.8) is 0 Å². The lowest BCUT2D eigenvalue weighted by atomic mass is 10.0. The molecule has 0 bridgehead atoms. The van der Waals surface area contributed by atoms with Crippen LogP contribution in [-0.4, -0.2) is 42.5 Å². The normalized spacial score (nSPS) is 15.6. The van der Waals surface area contributed by atoms with Crippen molar-refractivity contribution in [3.05, 3.63) is 64.8 Å². The Morgan fingerprint density at radius 1 is 1.17 bits per heavy atom. The molecular weight excluding hydrogens is 362 g/mol. The van der Waals surface area contributed by atoms with E-state index in [1.54, 1.807) is 7.11 Å². The monoisotopic (exact) mass is 391 g/mol. The van der Waals surface area contributed by atoms with Crippen molar-refractivity contribution in [1.82, 2.24) is 15.2 Å². The minimum atomic E-state index is -0.0645. The van der Waals surface area contributed by atoms with E-state index in [0.29, 0.717) is 12.2 Å². The Labute approximate surface area is 172 Å². The van der Waals surface area contributed by atoms with Gasteiger partial charge in [0.1, 0.15) is 11.4 Å². The van der Waals surface area contributed by atoms with Crippen molar-refractivity contribution >= 4 is 16.8 Å². The third-order valence-corrected chi connectivity index (χ3v) is 5.85. The number of hydrogen-bond donors (Lipinski definition) is 2. The first-order chi connectivity index (χ1) is 14.0. The molecule has 5 nitrogen and oxygen atoms in total. The van der Waals surface area contributed by atoms with Gasteiger partial charge in [0.25, 0.3) is 5.91 Å². The van der Waals surface area contributed by atoms with Crippen LogP contribution in [-0.2, 0) is 0 Å². The smallest absolute Gasteiger partial charge is 0.267 e. The van der Waals surface area contributed by atoms with Crippen LogP contribution < -0.4 is 10.1 Å². The van der Waals surface area contributed by atoms with Crippen molar-refractivity contribution in [1.29, 1.82) is 0 Å². The van der Waals surface area contributed by atoms with Crippen LogP contribution in [0.3, 0.4) is 0 Å². The molecular formula is C24H29N3O2. The van der Waals surface area contributed by atoms with Gasteiger partial charge < -0.3 is 15.0 Å². The van der Waals surface area contributed by atoms with Gasteiger partial charge in [0, 0.05) is 17.4 Å². The number of aryl methyl sites for hydroxylation is 2. The maximum Gasteiger partial charge on any atom is 0.267 e. The largest absolute Gasteiger partial charge is 0.497 e. The van der Waals surface area contributed by atoms with Crippen LogP contribution in [0.5, 0.6) is 5.75 Å². The Balaban J connectivity index is 1.53. The van der Waals surface area contributed by atoms with E-state index >= 15 is 0 Å². The maximum atomic E-state index is 12.9. The van der Waals surface area contributed by atoms with E-state index in [4.69, 9.17) is 4.74 Å². The van der Waals surface area contributed by atoms with E-state index in [9.17, 15) is 4.79 Å². The second kappa shape index (κ2) is 8.29. The summed E-state index contributed by atoms with van der Waals surface area (Å²) < 4.78 is 5.41. The number of carbonyl (C=O) groups excluding carboxylic acids is 1. The van der Waals surface area contributed by atoms with Crippen molar-refractivity contribution in [2.45, 2.75) is 32.7 Å². The van der Waals surface area contributed by atoms with Crippen LogP contribution in [0.15, 0.2) is 42.5 Å². The van der Waals surface area contributed by atoms with Gasteiger partial charge in [0.2, 0.25) is 0 Å². The number of hydrogen-bond acceptors (Lipinski definition) is 3. The Hall–Kier alpha value is -2.79. The van der Waals surface area contributed by atoms with Crippen LogP contribution >= 0.6 is 0 Å². The molecule has 5 heteroatoms. The van der Waals surface area contributed by atoms with Gasteiger partial charge in [-0.1, -0.05) is 18.2 Å². The van der Waals surface area contributed by atoms with Gasteiger partial charge in [0.15, 0.2) is 0 Å². The van der Waals surface area contributed by atoms with Crippen LogP contribution in [0.4, 0.5) is 0 Å². The predicted octanol–water partition coefficient (Wildman–Crippen LogP) is 4.36. The number of nitrogens with zero attached hydrogens (tertiary/aromatic N) is 1. The summed E-state index contributed by atoms with van der Waals surface area (Å²) in [5, 5.41) is 4.26. The van der Waals surface area contributed by atoms with Gasteiger partial charge in [-0.15, -0.1) is 0 Å². The highest BCUT2D eigenvalue weighted by Gasteiger charge is 2.24. The molecule has 1 aliphatic rings. The fourth-order valence-electron chi connectivity index (χ4n) is 4.37. The summed E-state index contributed by atoms with van der Waals surface area (Å²) in [6.45, 7) is 6.84. The standard InChI is InChI=1S/C24H29N3O2/c1-16-11-17(2)20-14-22(26-21(20)12-16)24(28)25-15-23(27-9-4-5-10-27)18-7-6-8-19(13-18)29-3/h6-8,11-14,23,26H,4-5,9-10,15H2,1-3H3,(H,25,28). The van der Waals surface area contributed by atoms with E-state index in [1.807, 2.05) is 18.2 Å². The Kier molecular flexibility index (Phi) is 5.58. The number of amides is 1. The van der Waals surface area contributed by atoms with Gasteiger partial charge in [-0.2, -0.15) is 0 Å². The van der Waals surface area contributed by atoms with Crippen LogP contribution in [0, 0.1) is 13.8 Å². The first kappa shape index (κ1) is 19.5. The van der Waals surface area contributed by atoms with E-state index in [-0.39, 0.29) is 11.9 Å². The van der Waals surface area contributed by atoms with Crippen molar-refractivity contribution in [2.75, 3.05) is 26.7 Å². The molecule has 0 spiro atoms. The van der Waals surface area contributed by atoms with Crippen LogP contribution in [0.1, 0.15) is 46.1 Å². The average molecular weight is 392 g/mol. The zero-order valence-corrected chi connectivity index (χ0v) is 17.4. The molecule has 2 heterocycles. The summed E-state index contributed by atoms with van der Waals surface area (Å²) in [4.78, 5) is 18.6. The second-order valence-electron chi connectivity index (χ2n) is 7.97. The molecule has 1 aromatic heterocycles. The zero-order chi connectivity index (χ0) is 20.4. The number of benzene rings is 2. The molecule has 0 aliphatic carbocycles. The van der Waals surface area contributed by atoms with E-state index < -0.39 is 0 Å². The number of carbonyl (C=O) groups is 1. The van der Waals surface area contributed by atoms with Gasteiger partial charge in [0.05, 0.1) is 13.2 Å². The Morgan fingerprint density at radius 2 is 1.97 bits per heavy atom. The molecule has 1 aliphatic heterocycles. The molecule has 4 rings (SSSR count). The van der Waals surface area contributed by atoms with Crippen molar-refractivity contribution in [3.8, 4) is 5.75 Å². The molecule has 152 valence electrons. The van der Waals surface area contributed by atoms with Crippen LogP contribution in [0.2, 0.25) is 0 Å². The predicted molar refractivity (Wildman–Crippen MR) is 117 cm³/mol. The fraction of sp³-hybridized carbons (Fsp3) is 0.375. The van der Waals surface area contributed by atoms with Gasteiger partial charge in [-0.05, 0) is 80.7 Å². The van der Waals surface area contributed by atoms with E-state index in [0.717, 1.165) is 29.7 Å². The molecule has 1 saturated heterocycles. The highest BCUT2D eigenvalue weighted by molar-refractivity contribution is 5.99. The number of H-pyrrole nitrogens is 1. The number of fused-ring (bicyclic) bond motifs is 1. The highest BCUT2D eigenvalue weighted by atomic mass is 16.5. The molecule has 2 N–H and O–H groups in total. The lowest BCUT2D eigenvalue weighted by Gasteiger charge is -2.28. The van der Waals surface area contributed by atoms with Crippen molar-refractivity contribution in [2.24, 2.45) is 0 Å².